The molecule has 0 aromatic heterocycles. The molecule has 0 saturated carbocycles. The zero-order valence-electron chi connectivity index (χ0n) is 9.86. The molecule has 0 bridgehead atoms. The minimum absolute atomic E-state index is 0.560. The van der Waals surface area contributed by atoms with Gasteiger partial charge in [0.05, 0.1) is 18.2 Å². The number of benzene rings is 1. The van der Waals surface area contributed by atoms with Gasteiger partial charge < -0.3 is 9.47 Å². The Balaban J connectivity index is 2.79. The van der Waals surface area contributed by atoms with E-state index in [-0.39, 0.29) is 0 Å². The lowest BCUT2D eigenvalue weighted by Crippen LogP contribution is -2.01. The third kappa shape index (κ3) is 4.24. The summed E-state index contributed by atoms with van der Waals surface area (Å²) in [5, 5.41) is 0. The number of aldehydes is 1. The van der Waals surface area contributed by atoms with Crippen LogP contribution in [0, 0.1) is 0 Å². The van der Waals surface area contributed by atoms with Gasteiger partial charge in [-0.2, -0.15) is 11.8 Å². The fourth-order valence-electron chi connectivity index (χ4n) is 1.33. The first-order chi connectivity index (χ1) is 8.22. The van der Waals surface area contributed by atoms with E-state index in [2.05, 4.69) is 22.2 Å². The van der Waals surface area contributed by atoms with Crippen molar-refractivity contribution in [2.45, 2.75) is 6.42 Å². The zero-order chi connectivity index (χ0) is 12.7. The first kappa shape index (κ1) is 14.4. The number of methoxy groups -OCH3 is 1. The maximum absolute atomic E-state index is 10.7. The van der Waals surface area contributed by atoms with E-state index in [1.54, 1.807) is 31.0 Å². The highest BCUT2D eigenvalue weighted by Gasteiger charge is 2.11. The van der Waals surface area contributed by atoms with Gasteiger partial charge in [0.25, 0.3) is 0 Å². The Bertz CT molecular complexity index is 382. The quantitative estimate of drug-likeness (QED) is 0.570. The van der Waals surface area contributed by atoms with Crippen LogP contribution in [0.3, 0.4) is 0 Å². The van der Waals surface area contributed by atoms with Crippen molar-refractivity contribution >= 4 is 34.0 Å². The Labute approximate surface area is 114 Å². The average molecular weight is 319 g/mol. The molecule has 0 saturated heterocycles. The summed E-state index contributed by atoms with van der Waals surface area (Å²) in [6, 6.07) is 3.39. The van der Waals surface area contributed by atoms with Crippen molar-refractivity contribution in [1.29, 1.82) is 0 Å². The van der Waals surface area contributed by atoms with E-state index in [0.717, 1.165) is 22.9 Å². The molecule has 0 spiro atoms. The van der Waals surface area contributed by atoms with Crippen molar-refractivity contribution in [2.24, 2.45) is 0 Å². The molecule has 0 atom stereocenters. The minimum Gasteiger partial charge on any atom is -0.493 e. The van der Waals surface area contributed by atoms with E-state index in [9.17, 15) is 4.79 Å². The Hall–Kier alpha value is -0.680. The van der Waals surface area contributed by atoms with Gasteiger partial charge in [-0.25, -0.2) is 0 Å². The summed E-state index contributed by atoms with van der Waals surface area (Å²) in [5.74, 6) is 2.29. The lowest BCUT2D eigenvalue weighted by Gasteiger charge is -2.12. The molecule has 0 heterocycles. The van der Waals surface area contributed by atoms with Crippen molar-refractivity contribution in [2.75, 3.05) is 25.7 Å². The highest BCUT2D eigenvalue weighted by atomic mass is 79.9. The van der Waals surface area contributed by atoms with Crippen LogP contribution in [-0.2, 0) is 0 Å². The summed E-state index contributed by atoms with van der Waals surface area (Å²) in [7, 11) is 1.56. The summed E-state index contributed by atoms with van der Waals surface area (Å²) < 4.78 is 11.6. The van der Waals surface area contributed by atoms with Crippen LogP contribution in [0.15, 0.2) is 16.6 Å². The second kappa shape index (κ2) is 7.61. The Morgan fingerprint density at radius 1 is 1.47 bits per heavy atom. The molecule has 94 valence electrons. The second-order valence-corrected chi connectivity index (χ2v) is 5.19. The standard InChI is InChI=1S/C12H15BrO3S/c1-15-11-7-9(8-14)6-10(13)12(11)16-4-3-5-17-2/h6-8H,3-5H2,1-2H3. The van der Waals surface area contributed by atoms with Crippen molar-refractivity contribution in [1.82, 2.24) is 0 Å². The van der Waals surface area contributed by atoms with E-state index in [1.807, 2.05) is 0 Å². The third-order valence-corrected chi connectivity index (χ3v) is 3.41. The number of ether oxygens (including phenoxy) is 2. The summed E-state index contributed by atoms with van der Waals surface area (Å²) in [6.07, 6.45) is 3.83. The van der Waals surface area contributed by atoms with Gasteiger partial charge >= 0.3 is 0 Å². The lowest BCUT2D eigenvalue weighted by molar-refractivity contribution is 0.112. The molecule has 1 rings (SSSR count). The first-order valence-corrected chi connectivity index (χ1v) is 7.36. The van der Waals surface area contributed by atoms with Gasteiger partial charge in [0.2, 0.25) is 0 Å². The van der Waals surface area contributed by atoms with Gasteiger partial charge in [0, 0.05) is 5.56 Å². The number of hydrogen-bond acceptors (Lipinski definition) is 4. The van der Waals surface area contributed by atoms with Crippen molar-refractivity contribution in [3.63, 3.8) is 0 Å². The SMILES string of the molecule is COc1cc(C=O)cc(Br)c1OCCCSC. The van der Waals surface area contributed by atoms with Gasteiger partial charge in [-0.05, 0) is 46.5 Å². The van der Waals surface area contributed by atoms with Crippen molar-refractivity contribution in [3.8, 4) is 11.5 Å². The highest BCUT2D eigenvalue weighted by molar-refractivity contribution is 9.10. The van der Waals surface area contributed by atoms with Crippen LogP contribution in [0.1, 0.15) is 16.8 Å². The van der Waals surface area contributed by atoms with E-state index < -0.39 is 0 Å². The molecule has 0 radical (unpaired) electrons. The van der Waals surface area contributed by atoms with E-state index in [1.165, 1.54) is 0 Å². The second-order valence-electron chi connectivity index (χ2n) is 3.35. The van der Waals surface area contributed by atoms with Crippen LogP contribution in [-0.4, -0.2) is 32.0 Å². The number of rotatable bonds is 7. The maximum Gasteiger partial charge on any atom is 0.175 e. The monoisotopic (exact) mass is 318 g/mol. The highest BCUT2D eigenvalue weighted by Crippen LogP contribution is 2.36. The molecule has 0 unspecified atom stereocenters. The normalized spacial score (nSPS) is 10.1. The molecular weight excluding hydrogens is 304 g/mol. The number of thioether (sulfide) groups is 1. The van der Waals surface area contributed by atoms with Crippen molar-refractivity contribution in [3.05, 3.63) is 22.2 Å². The average Bonchev–Trinajstić information content (AvgIpc) is 2.35. The van der Waals surface area contributed by atoms with Crippen LogP contribution >= 0.6 is 27.7 Å². The fraction of sp³-hybridized carbons (Fsp3) is 0.417. The van der Waals surface area contributed by atoms with Crippen molar-refractivity contribution < 1.29 is 14.3 Å². The number of hydrogen-bond donors (Lipinski definition) is 0. The largest absolute Gasteiger partial charge is 0.493 e. The predicted octanol–water partition coefficient (Wildman–Crippen LogP) is 3.40. The molecule has 0 N–H and O–H groups in total. The Kier molecular flexibility index (Phi) is 6.44. The van der Waals surface area contributed by atoms with Crippen LogP contribution < -0.4 is 9.47 Å². The molecule has 0 aliphatic rings. The van der Waals surface area contributed by atoms with Crippen LogP contribution in [0.25, 0.3) is 0 Å². The molecule has 1 aromatic rings. The van der Waals surface area contributed by atoms with E-state index >= 15 is 0 Å². The van der Waals surface area contributed by atoms with Gasteiger partial charge in [-0.1, -0.05) is 0 Å². The number of halogens is 1. The molecular formula is C12H15BrO3S. The summed E-state index contributed by atoms with van der Waals surface area (Å²) in [4.78, 5) is 10.7. The zero-order valence-corrected chi connectivity index (χ0v) is 12.3. The summed E-state index contributed by atoms with van der Waals surface area (Å²) in [5.41, 5.74) is 0.560. The molecule has 0 amide bonds. The molecule has 0 aliphatic heterocycles. The molecule has 5 heteroatoms. The Morgan fingerprint density at radius 2 is 2.24 bits per heavy atom. The van der Waals surface area contributed by atoms with E-state index in [0.29, 0.717) is 23.7 Å². The molecule has 0 fully saturated rings. The summed E-state index contributed by atoms with van der Waals surface area (Å²) >= 11 is 5.17. The molecule has 0 aliphatic carbocycles. The molecule has 1 aromatic carbocycles. The molecule has 3 nitrogen and oxygen atoms in total. The third-order valence-electron chi connectivity index (χ3n) is 2.13. The number of carbonyl (C=O) groups is 1. The lowest BCUT2D eigenvalue weighted by atomic mass is 10.2. The minimum atomic E-state index is 0.560. The predicted molar refractivity (Wildman–Crippen MR) is 74.6 cm³/mol. The smallest absolute Gasteiger partial charge is 0.175 e. The summed E-state index contributed by atoms with van der Waals surface area (Å²) in [6.45, 7) is 0.635. The van der Waals surface area contributed by atoms with Gasteiger partial charge in [-0.15, -0.1) is 0 Å². The van der Waals surface area contributed by atoms with Crippen LogP contribution in [0.2, 0.25) is 0 Å². The van der Waals surface area contributed by atoms with Gasteiger partial charge in [0.15, 0.2) is 11.5 Å². The van der Waals surface area contributed by atoms with Gasteiger partial charge in [-0.3, -0.25) is 4.79 Å². The molecule has 17 heavy (non-hydrogen) atoms. The number of carbonyl (C=O) groups excluding carboxylic acids is 1. The van der Waals surface area contributed by atoms with Crippen LogP contribution in [0.4, 0.5) is 0 Å². The topological polar surface area (TPSA) is 35.5 Å². The van der Waals surface area contributed by atoms with E-state index in [4.69, 9.17) is 9.47 Å². The van der Waals surface area contributed by atoms with Gasteiger partial charge in [0.1, 0.15) is 6.29 Å². The maximum atomic E-state index is 10.7. The Morgan fingerprint density at radius 3 is 2.82 bits per heavy atom. The van der Waals surface area contributed by atoms with Crippen LogP contribution in [0.5, 0.6) is 11.5 Å². The fourth-order valence-corrected chi connectivity index (χ4v) is 2.31. The first-order valence-electron chi connectivity index (χ1n) is 5.17.